The molecule has 2 N–H and O–H groups in total. The Morgan fingerprint density at radius 3 is 1.96 bits per heavy atom. The predicted molar refractivity (Wildman–Crippen MR) is 190 cm³/mol. The van der Waals surface area contributed by atoms with E-state index in [4.69, 9.17) is 9.90 Å². The summed E-state index contributed by atoms with van der Waals surface area (Å²) in [5, 5.41) is 10.2. The molecule has 11 heteroatoms. The van der Waals surface area contributed by atoms with Crippen molar-refractivity contribution in [1.29, 1.82) is 0 Å². The van der Waals surface area contributed by atoms with Crippen LogP contribution in [0.15, 0.2) is 48.5 Å². The molecule has 1 saturated heterocycles. The van der Waals surface area contributed by atoms with Gasteiger partial charge in [-0.2, -0.15) is 13.2 Å². The van der Waals surface area contributed by atoms with Gasteiger partial charge in [0.25, 0.3) is 5.91 Å². The minimum atomic E-state index is -5.08. The van der Waals surface area contributed by atoms with E-state index < -0.39 is 12.1 Å². The average molecular weight is 691 g/mol. The number of likely N-dealkylation sites (tertiary alicyclic amines) is 1. The van der Waals surface area contributed by atoms with Crippen molar-refractivity contribution in [2.75, 3.05) is 31.5 Å². The molecule has 1 aliphatic heterocycles. The van der Waals surface area contributed by atoms with Crippen LogP contribution in [0, 0.1) is 5.92 Å². The predicted octanol–water partition coefficient (Wildman–Crippen LogP) is 8.46. The lowest BCUT2D eigenvalue weighted by atomic mass is 9.87. The number of carbonyl (C=O) groups excluding carboxylic acids is 2. The summed E-state index contributed by atoms with van der Waals surface area (Å²) in [6.45, 7) is 23.3. The van der Waals surface area contributed by atoms with Crippen molar-refractivity contribution in [3.05, 3.63) is 65.2 Å². The number of nitrogens with one attached hydrogen (secondary N) is 1. The molecule has 0 saturated carbocycles. The molecule has 0 spiro atoms. The highest BCUT2D eigenvalue weighted by Crippen LogP contribution is 2.25. The summed E-state index contributed by atoms with van der Waals surface area (Å²) < 4.78 is 31.7. The molecule has 0 radical (unpaired) electrons. The third kappa shape index (κ3) is 13.3. The highest BCUT2D eigenvalue weighted by molar-refractivity contribution is 6.04. The van der Waals surface area contributed by atoms with Gasteiger partial charge in [-0.3, -0.25) is 4.79 Å². The molecular formula is C38H57F3N4O4. The van der Waals surface area contributed by atoms with Crippen LogP contribution in [0.2, 0.25) is 0 Å². The summed E-state index contributed by atoms with van der Waals surface area (Å²) in [6, 6.07) is 17.2. The lowest BCUT2D eigenvalue weighted by molar-refractivity contribution is -0.192. The number of piperidine rings is 1. The molecule has 0 bridgehead atoms. The Morgan fingerprint density at radius 1 is 0.939 bits per heavy atom. The van der Waals surface area contributed by atoms with Gasteiger partial charge in [-0.05, 0) is 114 Å². The number of benzene rings is 2. The number of anilines is 1. The van der Waals surface area contributed by atoms with Crippen molar-refractivity contribution in [2.45, 2.75) is 118 Å². The summed E-state index contributed by atoms with van der Waals surface area (Å²) in [5.41, 5.74) is 4.01. The van der Waals surface area contributed by atoms with Gasteiger partial charge in [0.05, 0.1) is 0 Å². The third-order valence-corrected chi connectivity index (χ3v) is 8.82. The Morgan fingerprint density at radius 2 is 1.49 bits per heavy atom. The Balaban J connectivity index is 0.00000107. The van der Waals surface area contributed by atoms with Crippen molar-refractivity contribution >= 4 is 23.6 Å². The zero-order valence-electron chi connectivity index (χ0n) is 30.7. The lowest BCUT2D eigenvalue weighted by Crippen LogP contribution is -2.52. The number of hydrogen-bond acceptors (Lipinski definition) is 4. The van der Waals surface area contributed by atoms with E-state index in [1.165, 1.54) is 11.1 Å². The van der Waals surface area contributed by atoms with E-state index in [9.17, 15) is 22.8 Å². The van der Waals surface area contributed by atoms with Crippen molar-refractivity contribution in [1.82, 2.24) is 14.7 Å². The first-order valence-corrected chi connectivity index (χ1v) is 17.4. The van der Waals surface area contributed by atoms with Crippen LogP contribution < -0.4 is 5.32 Å². The maximum atomic E-state index is 13.2. The fourth-order valence-corrected chi connectivity index (χ4v) is 6.19. The summed E-state index contributed by atoms with van der Waals surface area (Å²) in [7, 11) is 0. The molecule has 2 aromatic rings. The SMILES string of the molecule is CCCN(CC1CCN(C(=O)N(C(C)C)C(C)C)CC1)C(C)Cc1cccc(NC(=O)c2ccc(C(C)(C)C)cc2)c1.O=C(O)C(F)(F)F. The second-order valence-electron chi connectivity index (χ2n) is 14.6. The largest absolute Gasteiger partial charge is 0.490 e. The van der Waals surface area contributed by atoms with Crippen molar-refractivity contribution in [3.63, 3.8) is 0 Å². The van der Waals surface area contributed by atoms with Crippen LogP contribution in [0.3, 0.4) is 0 Å². The van der Waals surface area contributed by atoms with Crippen molar-refractivity contribution in [2.24, 2.45) is 5.92 Å². The molecule has 1 aliphatic rings. The minimum absolute atomic E-state index is 0.0605. The average Bonchev–Trinajstić information content (AvgIpc) is 3.00. The molecule has 1 fully saturated rings. The van der Waals surface area contributed by atoms with Crippen molar-refractivity contribution in [3.8, 4) is 0 Å². The van der Waals surface area contributed by atoms with Gasteiger partial charge in [0.2, 0.25) is 0 Å². The molecule has 2 aromatic carbocycles. The standard InChI is InChI=1S/C36H56N4O2.C2HF3O2/c1-10-20-39(25-29-18-21-38(22-19-29)35(42)40(26(2)3)27(4)5)28(6)23-30-12-11-13-33(24-30)37-34(41)31-14-16-32(17-15-31)36(7,8)9;3-2(4,5)1(6)7/h11-17,24,26-29H,10,18-23,25H2,1-9H3,(H,37,41);(H,6,7). The van der Waals surface area contributed by atoms with E-state index >= 15 is 0 Å². The van der Waals surface area contributed by atoms with Crippen LogP contribution in [0.4, 0.5) is 23.7 Å². The van der Waals surface area contributed by atoms with E-state index in [1.807, 2.05) is 41.3 Å². The zero-order chi connectivity index (χ0) is 37.1. The minimum Gasteiger partial charge on any atom is -0.475 e. The van der Waals surface area contributed by atoms with Gasteiger partial charge in [0.15, 0.2) is 0 Å². The number of carboxylic acids is 1. The molecule has 3 amide bonds. The molecule has 8 nitrogen and oxygen atoms in total. The molecule has 1 unspecified atom stereocenters. The Kier molecular flexibility index (Phi) is 15.6. The van der Waals surface area contributed by atoms with E-state index in [2.05, 4.69) is 89.6 Å². The van der Waals surface area contributed by atoms with Gasteiger partial charge in [-0.25, -0.2) is 9.59 Å². The summed E-state index contributed by atoms with van der Waals surface area (Å²) >= 11 is 0. The molecule has 1 atom stereocenters. The first-order valence-electron chi connectivity index (χ1n) is 17.4. The molecule has 49 heavy (non-hydrogen) atoms. The molecule has 0 aromatic heterocycles. The highest BCUT2D eigenvalue weighted by Gasteiger charge is 2.38. The Labute approximate surface area is 291 Å². The molecule has 274 valence electrons. The third-order valence-electron chi connectivity index (χ3n) is 8.82. The highest BCUT2D eigenvalue weighted by atomic mass is 19.4. The number of urea groups is 1. The van der Waals surface area contributed by atoms with Crippen LogP contribution in [0.1, 0.15) is 103 Å². The van der Waals surface area contributed by atoms with Crippen LogP contribution in [0.5, 0.6) is 0 Å². The second-order valence-corrected chi connectivity index (χ2v) is 14.6. The van der Waals surface area contributed by atoms with E-state index in [1.54, 1.807) is 0 Å². The van der Waals surface area contributed by atoms with Crippen molar-refractivity contribution < 1.29 is 32.7 Å². The number of carboxylic acid groups (broad SMARTS) is 1. The van der Waals surface area contributed by atoms with Gasteiger partial charge >= 0.3 is 18.2 Å². The number of nitrogens with zero attached hydrogens (tertiary/aromatic N) is 3. The quantitative estimate of drug-likeness (QED) is 0.247. The second kappa shape index (κ2) is 18.4. The summed E-state index contributed by atoms with van der Waals surface area (Å²) in [6.07, 6.45) is -0.926. The van der Waals surface area contributed by atoms with E-state index in [0.29, 0.717) is 17.5 Å². The Bertz CT molecular complexity index is 1340. The van der Waals surface area contributed by atoms with Crippen LogP contribution in [-0.4, -0.2) is 88.2 Å². The number of carbonyl (C=O) groups is 3. The summed E-state index contributed by atoms with van der Waals surface area (Å²) in [5.74, 6) is -2.24. The fraction of sp³-hybridized carbons (Fsp3) is 0.605. The van der Waals surface area contributed by atoms with Crippen LogP contribution in [0.25, 0.3) is 0 Å². The Hall–Kier alpha value is -3.60. The van der Waals surface area contributed by atoms with Gasteiger partial charge < -0.3 is 25.1 Å². The number of amides is 3. The number of halogens is 3. The van der Waals surface area contributed by atoms with Gasteiger partial charge in [-0.1, -0.05) is 52.0 Å². The normalized spacial score (nSPS) is 14.8. The van der Waals surface area contributed by atoms with Gasteiger partial charge in [0.1, 0.15) is 0 Å². The van der Waals surface area contributed by atoms with Crippen LogP contribution >= 0.6 is 0 Å². The number of alkyl halides is 3. The topological polar surface area (TPSA) is 93.2 Å². The first-order chi connectivity index (χ1) is 22.7. The molecule has 3 rings (SSSR count). The first kappa shape index (κ1) is 41.6. The van der Waals surface area contributed by atoms with Gasteiger partial charge in [-0.15, -0.1) is 0 Å². The zero-order valence-corrected chi connectivity index (χ0v) is 30.7. The van der Waals surface area contributed by atoms with E-state index in [-0.39, 0.29) is 29.4 Å². The molecule has 0 aliphatic carbocycles. The van der Waals surface area contributed by atoms with Gasteiger partial charge in [0, 0.05) is 49.0 Å². The number of rotatable bonds is 11. The summed E-state index contributed by atoms with van der Waals surface area (Å²) in [4.78, 5) is 41.7. The molecular weight excluding hydrogens is 633 g/mol. The maximum Gasteiger partial charge on any atom is 0.490 e. The van der Waals surface area contributed by atoms with Crippen LogP contribution in [-0.2, 0) is 16.6 Å². The van der Waals surface area contributed by atoms with E-state index in [0.717, 1.165) is 57.5 Å². The molecule has 1 heterocycles. The smallest absolute Gasteiger partial charge is 0.475 e. The monoisotopic (exact) mass is 690 g/mol. The fourth-order valence-electron chi connectivity index (χ4n) is 6.19. The maximum absolute atomic E-state index is 13.2. The number of hydrogen-bond donors (Lipinski definition) is 2. The number of aliphatic carboxylic acids is 1. The lowest BCUT2D eigenvalue weighted by Gasteiger charge is -2.40.